The number of aliphatic carboxylic acids is 1. The number of nitro benzene ring substituents is 1. The van der Waals surface area contributed by atoms with Crippen LogP contribution >= 0.6 is 0 Å². The molecule has 0 spiro atoms. The first-order chi connectivity index (χ1) is 9.51. The van der Waals surface area contributed by atoms with Crippen LogP contribution in [0, 0.1) is 15.5 Å². The van der Waals surface area contributed by atoms with E-state index in [4.69, 9.17) is 5.73 Å². The van der Waals surface area contributed by atoms with Crippen LogP contribution in [0.25, 0.3) is 0 Å². The number of nitrogens with two attached hydrogens (primary N) is 1. The normalized spacial score (nSPS) is 18.6. The molecule has 0 saturated heterocycles. The lowest BCUT2D eigenvalue weighted by atomic mass is 9.70. The van der Waals surface area contributed by atoms with Gasteiger partial charge in [0.15, 0.2) is 0 Å². The largest absolute Gasteiger partial charge is 0.481 e. The lowest BCUT2D eigenvalue weighted by Crippen LogP contribution is -2.38. The summed E-state index contributed by atoms with van der Waals surface area (Å²) in [6, 6.07) is 6.16. The number of hydrogen-bond acceptors (Lipinski definition) is 4. The minimum absolute atomic E-state index is 0.0283. The fourth-order valence-electron chi connectivity index (χ4n) is 3.25. The molecular weight excluding hydrogens is 260 g/mol. The van der Waals surface area contributed by atoms with Gasteiger partial charge in [0.05, 0.1) is 10.3 Å². The molecule has 0 aliphatic heterocycles. The highest BCUT2D eigenvalue weighted by Crippen LogP contribution is 2.49. The predicted molar refractivity (Wildman–Crippen MR) is 73.4 cm³/mol. The van der Waals surface area contributed by atoms with Gasteiger partial charge in [0.25, 0.3) is 5.69 Å². The molecule has 6 heteroatoms. The number of nitrogens with zero attached hydrogens (tertiary/aromatic N) is 1. The smallest absolute Gasteiger partial charge is 0.310 e. The second-order valence-corrected chi connectivity index (χ2v) is 5.31. The fraction of sp³-hybridized carbons (Fsp3) is 0.500. The highest BCUT2D eigenvalue weighted by Gasteiger charge is 2.48. The number of carboxylic acids is 1. The third-order valence-corrected chi connectivity index (χ3v) is 4.31. The van der Waals surface area contributed by atoms with Gasteiger partial charge in [-0.15, -0.1) is 0 Å². The summed E-state index contributed by atoms with van der Waals surface area (Å²) in [5, 5.41) is 20.5. The fourth-order valence-corrected chi connectivity index (χ4v) is 3.25. The van der Waals surface area contributed by atoms with E-state index in [2.05, 4.69) is 0 Å². The van der Waals surface area contributed by atoms with Gasteiger partial charge in [0.2, 0.25) is 0 Å². The molecule has 0 radical (unpaired) electrons. The summed E-state index contributed by atoms with van der Waals surface area (Å²) in [7, 11) is 0. The number of hydrogen-bond donors (Lipinski definition) is 2. The van der Waals surface area contributed by atoms with Crippen LogP contribution in [-0.4, -0.2) is 22.5 Å². The van der Waals surface area contributed by atoms with Crippen LogP contribution in [0.1, 0.15) is 37.2 Å². The van der Waals surface area contributed by atoms with Crippen LogP contribution in [0.2, 0.25) is 0 Å². The molecule has 1 fully saturated rings. The van der Waals surface area contributed by atoms with Gasteiger partial charge in [-0.25, -0.2) is 0 Å². The van der Waals surface area contributed by atoms with E-state index < -0.39 is 16.3 Å². The summed E-state index contributed by atoms with van der Waals surface area (Å²) in [6.07, 6.45) is 2.87. The molecule has 0 bridgehead atoms. The van der Waals surface area contributed by atoms with Gasteiger partial charge in [-0.2, -0.15) is 0 Å². The average Bonchev–Trinajstić information content (AvgIpc) is 2.90. The Bertz CT molecular complexity index is 524. The third-order valence-electron chi connectivity index (χ3n) is 4.31. The van der Waals surface area contributed by atoms with Crippen molar-refractivity contribution in [3.63, 3.8) is 0 Å². The van der Waals surface area contributed by atoms with Crippen LogP contribution in [-0.2, 0) is 4.79 Å². The Kier molecular flexibility index (Phi) is 4.04. The van der Waals surface area contributed by atoms with Gasteiger partial charge in [-0.1, -0.05) is 25.0 Å². The van der Waals surface area contributed by atoms with Crippen molar-refractivity contribution in [2.45, 2.75) is 31.6 Å². The monoisotopic (exact) mass is 278 g/mol. The lowest BCUT2D eigenvalue weighted by molar-refractivity contribution is -0.384. The van der Waals surface area contributed by atoms with E-state index in [1.54, 1.807) is 12.1 Å². The second kappa shape index (κ2) is 5.58. The lowest BCUT2D eigenvalue weighted by Gasteiger charge is -2.33. The van der Waals surface area contributed by atoms with Crippen molar-refractivity contribution >= 4 is 11.7 Å². The van der Waals surface area contributed by atoms with Crippen LogP contribution in [0.4, 0.5) is 5.69 Å². The topological polar surface area (TPSA) is 106 Å². The zero-order chi connectivity index (χ0) is 14.8. The second-order valence-electron chi connectivity index (χ2n) is 5.31. The molecular formula is C14H18N2O4. The molecule has 0 amide bonds. The molecule has 1 atom stereocenters. The molecule has 0 aromatic heterocycles. The van der Waals surface area contributed by atoms with Gasteiger partial charge in [-0.05, 0) is 18.4 Å². The summed E-state index contributed by atoms with van der Waals surface area (Å²) in [6.45, 7) is 0.174. The average molecular weight is 278 g/mol. The first kappa shape index (κ1) is 14.5. The Labute approximate surface area is 116 Å². The van der Waals surface area contributed by atoms with Crippen molar-refractivity contribution in [1.29, 1.82) is 0 Å². The number of non-ortho nitro benzene ring substituents is 1. The standard InChI is InChI=1S/C14H18N2O4/c15-9-12(14(13(17)18)6-1-2-7-14)10-4-3-5-11(8-10)16(19)20/h3-5,8,12H,1-2,6-7,9,15H2,(H,17,18)/t12-/m0/s1. The predicted octanol–water partition coefficient (Wildman–Crippen LogP) is 2.28. The quantitative estimate of drug-likeness (QED) is 0.634. The van der Waals surface area contributed by atoms with E-state index >= 15 is 0 Å². The summed E-state index contributed by atoms with van der Waals surface area (Å²) >= 11 is 0. The molecule has 1 aromatic carbocycles. The van der Waals surface area contributed by atoms with E-state index in [9.17, 15) is 20.0 Å². The summed E-state index contributed by atoms with van der Waals surface area (Å²) < 4.78 is 0. The summed E-state index contributed by atoms with van der Waals surface area (Å²) in [4.78, 5) is 22.1. The van der Waals surface area contributed by atoms with Crippen molar-refractivity contribution < 1.29 is 14.8 Å². The van der Waals surface area contributed by atoms with Gasteiger partial charge >= 0.3 is 5.97 Å². The molecule has 0 heterocycles. The zero-order valence-electron chi connectivity index (χ0n) is 11.1. The number of nitro groups is 1. The van der Waals surface area contributed by atoms with Crippen LogP contribution < -0.4 is 5.73 Å². The maximum atomic E-state index is 11.7. The van der Waals surface area contributed by atoms with Gasteiger partial charge in [-0.3, -0.25) is 14.9 Å². The molecule has 0 unspecified atom stereocenters. The van der Waals surface area contributed by atoms with Crippen molar-refractivity contribution in [2.24, 2.45) is 11.1 Å². The van der Waals surface area contributed by atoms with Gasteiger partial charge < -0.3 is 10.8 Å². The van der Waals surface area contributed by atoms with Crippen molar-refractivity contribution in [1.82, 2.24) is 0 Å². The van der Waals surface area contributed by atoms with Crippen LogP contribution in [0.3, 0.4) is 0 Å². The Morgan fingerprint density at radius 3 is 2.60 bits per heavy atom. The van der Waals surface area contributed by atoms with E-state index in [0.29, 0.717) is 18.4 Å². The van der Waals surface area contributed by atoms with E-state index in [1.165, 1.54) is 12.1 Å². The molecule has 108 valence electrons. The van der Waals surface area contributed by atoms with E-state index in [0.717, 1.165) is 12.8 Å². The summed E-state index contributed by atoms with van der Waals surface area (Å²) in [5.41, 5.74) is 5.53. The Morgan fingerprint density at radius 1 is 1.45 bits per heavy atom. The zero-order valence-corrected chi connectivity index (χ0v) is 11.1. The van der Waals surface area contributed by atoms with E-state index in [1.807, 2.05) is 0 Å². The third kappa shape index (κ3) is 2.38. The van der Waals surface area contributed by atoms with Crippen molar-refractivity contribution in [3.8, 4) is 0 Å². The molecule has 1 aliphatic carbocycles. The number of carboxylic acid groups (broad SMARTS) is 1. The highest BCUT2D eigenvalue weighted by molar-refractivity contribution is 5.76. The maximum absolute atomic E-state index is 11.7. The number of rotatable bonds is 5. The maximum Gasteiger partial charge on any atom is 0.310 e. The Hall–Kier alpha value is -1.95. The van der Waals surface area contributed by atoms with Crippen molar-refractivity contribution in [3.05, 3.63) is 39.9 Å². The number of carbonyl (C=O) groups is 1. The van der Waals surface area contributed by atoms with Crippen LogP contribution in [0.5, 0.6) is 0 Å². The van der Waals surface area contributed by atoms with Crippen molar-refractivity contribution in [2.75, 3.05) is 6.54 Å². The molecule has 2 rings (SSSR count). The van der Waals surface area contributed by atoms with Crippen LogP contribution in [0.15, 0.2) is 24.3 Å². The molecule has 6 nitrogen and oxygen atoms in total. The minimum atomic E-state index is -0.885. The first-order valence-electron chi connectivity index (χ1n) is 6.69. The number of benzene rings is 1. The molecule has 3 N–H and O–H groups in total. The molecule has 1 aromatic rings. The molecule has 1 aliphatic rings. The highest BCUT2D eigenvalue weighted by atomic mass is 16.6. The Morgan fingerprint density at radius 2 is 2.10 bits per heavy atom. The Balaban J connectivity index is 2.43. The van der Waals surface area contributed by atoms with Gasteiger partial charge in [0.1, 0.15) is 0 Å². The SMILES string of the molecule is NC[C@@H](c1cccc([N+](=O)[O-])c1)C1(C(=O)O)CCCC1. The minimum Gasteiger partial charge on any atom is -0.481 e. The summed E-state index contributed by atoms with van der Waals surface area (Å²) in [5.74, 6) is -1.24. The molecule has 1 saturated carbocycles. The first-order valence-corrected chi connectivity index (χ1v) is 6.69. The van der Waals surface area contributed by atoms with E-state index in [-0.39, 0.29) is 18.2 Å². The molecule has 20 heavy (non-hydrogen) atoms. The van der Waals surface area contributed by atoms with Gasteiger partial charge in [0, 0.05) is 24.6 Å².